The van der Waals surface area contributed by atoms with Crippen molar-refractivity contribution >= 4 is 30.1 Å². The second-order valence-electron chi connectivity index (χ2n) is 8.12. The van der Waals surface area contributed by atoms with Crippen molar-refractivity contribution in [2.75, 3.05) is 37.0 Å². The molecule has 0 nitrogen and oxygen atoms in total. The monoisotopic (exact) mass is 543 g/mol. The molecule has 0 amide bonds. The Kier molecular flexibility index (Phi) is 41.2. The standard InChI is InChI=1S/2C12H27P.BrH.Ni/c2*1-4-7-10-13(11-8-5-2)12-9-6-3;;/h2*4-12H2,1-3H3;1H;/q;;;+1/p+1. The Morgan fingerprint density at radius 3 is 0.643 bits per heavy atom. The first kappa shape index (κ1) is 34.4. The second-order valence-corrected chi connectivity index (χ2v) is 14.1. The van der Waals surface area contributed by atoms with Crippen LogP contribution in [-0.2, 0) is 13.7 Å². The fourth-order valence-corrected chi connectivity index (χ4v) is 9.93. The van der Waals surface area contributed by atoms with Gasteiger partial charge in [-0.3, -0.25) is 0 Å². The average Bonchev–Trinajstić information content (AvgIpc) is 2.74. The zero-order valence-corrected chi connectivity index (χ0v) is 25.0. The van der Waals surface area contributed by atoms with E-state index in [1.165, 1.54) is 77.0 Å². The van der Waals surface area contributed by atoms with Crippen molar-refractivity contribution in [1.29, 1.82) is 0 Å². The summed E-state index contributed by atoms with van der Waals surface area (Å²) < 4.78 is 0. The topological polar surface area (TPSA) is 0 Å². The van der Waals surface area contributed by atoms with Crippen LogP contribution < -0.4 is 0 Å². The molecule has 0 aromatic rings. The van der Waals surface area contributed by atoms with E-state index in [0.29, 0.717) is 0 Å². The van der Waals surface area contributed by atoms with Crippen LogP contribution in [0.4, 0.5) is 0 Å². The third-order valence-corrected chi connectivity index (χ3v) is 11.7. The molecule has 0 fully saturated rings. The van der Waals surface area contributed by atoms with E-state index in [1.807, 2.05) is 0 Å². The Bertz CT molecular complexity index is 181. The molecule has 0 saturated heterocycles. The third kappa shape index (κ3) is 30.0. The van der Waals surface area contributed by atoms with E-state index in [2.05, 4.69) is 69.5 Å². The summed E-state index contributed by atoms with van der Waals surface area (Å²) in [5.41, 5.74) is 0. The number of unbranched alkanes of at least 4 members (excludes halogenated alkanes) is 6. The predicted molar refractivity (Wildman–Crippen MR) is 144 cm³/mol. The second kappa shape index (κ2) is 33.5. The molecule has 0 aromatic carbocycles. The summed E-state index contributed by atoms with van der Waals surface area (Å²) in [6, 6.07) is 0. The van der Waals surface area contributed by atoms with Gasteiger partial charge in [0.15, 0.2) is 0 Å². The van der Waals surface area contributed by atoms with Gasteiger partial charge in [0.1, 0.15) is 0 Å². The van der Waals surface area contributed by atoms with Crippen LogP contribution in [0.2, 0.25) is 0 Å². The van der Waals surface area contributed by atoms with Gasteiger partial charge >= 0.3 is 27.9 Å². The molecule has 0 aromatic heterocycles. The molecule has 0 heterocycles. The van der Waals surface area contributed by atoms with Gasteiger partial charge in [0.05, 0.1) is 37.0 Å². The van der Waals surface area contributed by atoms with Crippen LogP contribution in [0.25, 0.3) is 0 Å². The molecule has 0 spiro atoms. The summed E-state index contributed by atoms with van der Waals surface area (Å²) in [4.78, 5) is 0. The molecule has 4 heteroatoms. The van der Waals surface area contributed by atoms with E-state index in [1.54, 1.807) is 37.0 Å². The van der Waals surface area contributed by atoms with Crippen molar-refractivity contribution in [3.8, 4) is 0 Å². The minimum absolute atomic E-state index is 0.0675. The van der Waals surface area contributed by atoms with Gasteiger partial charge in [-0.1, -0.05) is 80.1 Å². The molecular weight excluding hydrogens is 489 g/mol. The van der Waals surface area contributed by atoms with E-state index < -0.39 is 0 Å². The summed E-state index contributed by atoms with van der Waals surface area (Å²) in [7, 11) is 0.135. The average molecular weight is 545 g/mol. The van der Waals surface area contributed by atoms with Crippen molar-refractivity contribution in [3.63, 3.8) is 0 Å². The molecule has 0 saturated carbocycles. The van der Waals surface area contributed by atoms with Gasteiger partial charge in [-0.2, -0.15) is 0 Å². The van der Waals surface area contributed by atoms with Crippen molar-refractivity contribution in [2.45, 2.75) is 119 Å². The van der Waals surface area contributed by atoms with E-state index in [0.717, 1.165) is 0 Å². The molecule has 0 N–H and O–H groups in total. The normalized spacial score (nSPS) is 10.5. The summed E-state index contributed by atoms with van der Waals surface area (Å²) >= 11 is 6.25. The van der Waals surface area contributed by atoms with Gasteiger partial charge in [-0.15, -0.1) is 0 Å². The number of hydrogen-bond acceptors (Lipinski definition) is 0. The summed E-state index contributed by atoms with van der Waals surface area (Å²) in [5.74, 6) is 0. The first-order valence-electron chi connectivity index (χ1n) is 12.5. The van der Waals surface area contributed by atoms with Crippen LogP contribution >= 0.6 is 30.1 Å². The van der Waals surface area contributed by atoms with Gasteiger partial charge in [0.25, 0.3) is 0 Å². The maximum absolute atomic E-state index is 3.69. The van der Waals surface area contributed by atoms with Gasteiger partial charge in [0.2, 0.25) is 0 Å². The van der Waals surface area contributed by atoms with E-state index in [-0.39, 0.29) is 15.8 Å². The van der Waals surface area contributed by atoms with Gasteiger partial charge in [-0.25, -0.2) is 0 Å². The van der Waals surface area contributed by atoms with E-state index in [4.69, 9.17) is 0 Å². The Balaban J connectivity index is -0.000000410. The molecule has 0 atom stereocenters. The number of rotatable bonds is 18. The molecule has 0 aliphatic heterocycles. The van der Waals surface area contributed by atoms with Gasteiger partial charge < -0.3 is 0 Å². The summed E-state index contributed by atoms with van der Waals surface area (Å²) in [5, 5.41) is 0. The quantitative estimate of drug-likeness (QED) is 0.119. The van der Waals surface area contributed by atoms with Gasteiger partial charge in [0, 0.05) is 15.8 Å². The van der Waals surface area contributed by atoms with Crippen molar-refractivity contribution in [2.24, 2.45) is 0 Å². The third-order valence-electron chi connectivity index (χ3n) is 5.30. The minimum atomic E-state index is 0.0675. The SMILES string of the molecule is CCCC[PH+](CCCC)CCCC.CCCC[PH+](CCCC)CCCC.[Ni][Br]. The summed E-state index contributed by atoms with van der Waals surface area (Å²) in [6.07, 6.45) is 26.8. The zero-order chi connectivity index (χ0) is 21.9. The molecule has 0 unspecified atom stereocenters. The van der Waals surface area contributed by atoms with E-state index >= 15 is 0 Å². The molecule has 28 heavy (non-hydrogen) atoms. The first-order chi connectivity index (χ1) is 13.7. The Labute approximate surface area is 198 Å². The maximum atomic E-state index is 3.69. The Morgan fingerprint density at radius 2 is 0.536 bits per heavy atom. The van der Waals surface area contributed by atoms with Crippen molar-refractivity contribution in [3.05, 3.63) is 0 Å². The predicted octanol–water partition coefficient (Wildman–Crippen LogP) is 10.0. The molecular formula is C24H56BrNiP2+2. The number of halogens is 1. The fourth-order valence-electron chi connectivity index (χ4n) is 3.31. The molecule has 0 aliphatic carbocycles. The number of hydrogen-bond donors (Lipinski definition) is 0. The van der Waals surface area contributed by atoms with Crippen LogP contribution in [0.3, 0.4) is 0 Å². The fraction of sp³-hybridized carbons (Fsp3) is 1.00. The van der Waals surface area contributed by atoms with Gasteiger partial charge in [-0.05, 0) is 38.5 Å². The van der Waals surface area contributed by atoms with Crippen LogP contribution in [0.5, 0.6) is 0 Å². The molecule has 177 valence electrons. The van der Waals surface area contributed by atoms with E-state index in [9.17, 15) is 0 Å². The first-order valence-corrected chi connectivity index (χ1v) is 19.2. The summed E-state index contributed by atoms with van der Waals surface area (Å²) in [6.45, 7) is 13.9. The molecule has 0 radical (unpaired) electrons. The van der Waals surface area contributed by atoms with Crippen LogP contribution in [-0.4, -0.2) is 37.0 Å². The zero-order valence-electron chi connectivity index (χ0n) is 20.4. The van der Waals surface area contributed by atoms with Crippen molar-refractivity contribution in [1.82, 2.24) is 0 Å². The Hall–Kier alpha value is 1.83. The molecule has 0 aliphatic rings. The Morgan fingerprint density at radius 1 is 0.393 bits per heavy atom. The van der Waals surface area contributed by atoms with Crippen LogP contribution in [0.15, 0.2) is 0 Å². The molecule has 0 bridgehead atoms. The van der Waals surface area contributed by atoms with Crippen molar-refractivity contribution < 1.29 is 13.7 Å². The van der Waals surface area contributed by atoms with Crippen LogP contribution in [0.1, 0.15) is 119 Å². The molecule has 0 rings (SSSR count). The van der Waals surface area contributed by atoms with Crippen LogP contribution in [0, 0.1) is 0 Å².